The molecule has 2 aromatic rings. The molecule has 0 radical (unpaired) electrons. The van der Waals surface area contributed by atoms with Gasteiger partial charge in [-0.25, -0.2) is 0 Å². The summed E-state index contributed by atoms with van der Waals surface area (Å²) in [6, 6.07) is 5.69. The Morgan fingerprint density at radius 3 is 2.76 bits per heavy atom. The maximum absolute atomic E-state index is 11.8. The smallest absolute Gasteiger partial charge is 0.269 e. The van der Waals surface area contributed by atoms with Crippen LogP contribution in [0.2, 0.25) is 0 Å². The van der Waals surface area contributed by atoms with Gasteiger partial charge in [0.05, 0.1) is 16.7 Å². The van der Waals surface area contributed by atoms with Crippen LogP contribution < -0.4 is 5.32 Å². The largest absolute Gasteiger partial charge is 0.345 e. The van der Waals surface area contributed by atoms with Gasteiger partial charge >= 0.3 is 0 Å². The van der Waals surface area contributed by atoms with Gasteiger partial charge in [0.1, 0.15) is 0 Å². The molecule has 1 heterocycles. The molecule has 2 rings (SSSR count). The molecular formula is C11H12N6O3S. The van der Waals surface area contributed by atoms with E-state index in [1.807, 2.05) is 0 Å². The lowest BCUT2D eigenvalue weighted by atomic mass is 10.3. The summed E-state index contributed by atoms with van der Waals surface area (Å²) in [5, 5.41) is 26.6. The van der Waals surface area contributed by atoms with Crippen molar-refractivity contribution in [2.45, 2.75) is 17.9 Å². The number of nitrogens with zero attached hydrogens (tertiary/aromatic N) is 4. The highest BCUT2D eigenvalue weighted by atomic mass is 32.2. The number of rotatable bonds is 6. The van der Waals surface area contributed by atoms with E-state index in [0.717, 1.165) is 4.90 Å². The molecule has 0 bridgehead atoms. The molecule has 0 fully saturated rings. The van der Waals surface area contributed by atoms with Gasteiger partial charge in [0.2, 0.25) is 5.91 Å². The number of hydrogen-bond acceptors (Lipinski definition) is 7. The fourth-order valence-corrected chi connectivity index (χ4v) is 2.22. The molecule has 9 nitrogen and oxygen atoms in total. The van der Waals surface area contributed by atoms with Gasteiger partial charge in [0, 0.05) is 17.0 Å². The van der Waals surface area contributed by atoms with E-state index < -0.39 is 4.92 Å². The lowest BCUT2D eigenvalue weighted by molar-refractivity contribution is -0.384. The quantitative estimate of drug-likeness (QED) is 0.464. The summed E-state index contributed by atoms with van der Waals surface area (Å²) in [5.41, 5.74) is 0.0227. The number of thioether (sulfide) groups is 1. The molecule has 0 saturated heterocycles. The van der Waals surface area contributed by atoms with E-state index in [2.05, 4.69) is 25.9 Å². The van der Waals surface area contributed by atoms with Crippen molar-refractivity contribution in [3.63, 3.8) is 0 Å². The highest BCUT2D eigenvalue weighted by molar-refractivity contribution is 8.00. The lowest BCUT2D eigenvalue weighted by Crippen LogP contribution is -2.28. The molecule has 1 atom stereocenters. The maximum Gasteiger partial charge on any atom is 0.269 e. The number of nitro groups is 1. The van der Waals surface area contributed by atoms with Crippen LogP contribution in [-0.2, 0) is 4.79 Å². The Labute approximate surface area is 123 Å². The number of non-ortho nitro benzene ring substituents is 1. The zero-order valence-corrected chi connectivity index (χ0v) is 11.8. The van der Waals surface area contributed by atoms with Crippen LogP contribution in [0.5, 0.6) is 0 Å². The summed E-state index contributed by atoms with van der Waals surface area (Å²) >= 11 is 1.29. The number of carbonyl (C=O) groups is 1. The molecule has 0 aliphatic heterocycles. The molecule has 0 spiro atoms. The molecule has 1 amide bonds. The highest BCUT2D eigenvalue weighted by Crippen LogP contribution is 2.21. The average molecular weight is 308 g/mol. The van der Waals surface area contributed by atoms with Crippen molar-refractivity contribution in [1.82, 2.24) is 25.9 Å². The van der Waals surface area contributed by atoms with Gasteiger partial charge in [-0.1, -0.05) is 5.21 Å². The SMILES string of the molecule is CC(NC(=O)CSc1ccc([N+](=O)[O-])cc1)c1nn[nH]n1. The average Bonchev–Trinajstić information content (AvgIpc) is 3.00. The summed E-state index contributed by atoms with van der Waals surface area (Å²) in [5.74, 6) is 0.416. The molecule has 1 aromatic carbocycles. The van der Waals surface area contributed by atoms with Crippen molar-refractivity contribution in [2.75, 3.05) is 5.75 Å². The summed E-state index contributed by atoms with van der Waals surface area (Å²) < 4.78 is 0. The first kappa shape index (κ1) is 14.9. The molecule has 1 unspecified atom stereocenters. The number of hydrogen-bond donors (Lipinski definition) is 2. The minimum absolute atomic E-state index is 0.0227. The van der Waals surface area contributed by atoms with Gasteiger partial charge in [-0.3, -0.25) is 14.9 Å². The van der Waals surface area contributed by atoms with E-state index in [9.17, 15) is 14.9 Å². The number of nitrogens with one attached hydrogen (secondary N) is 2. The molecule has 21 heavy (non-hydrogen) atoms. The summed E-state index contributed by atoms with van der Waals surface area (Å²) in [4.78, 5) is 22.6. The zero-order valence-electron chi connectivity index (χ0n) is 11.0. The second-order valence-electron chi connectivity index (χ2n) is 4.10. The van der Waals surface area contributed by atoms with E-state index >= 15 is 0 Å². The third-order valence-electron chi connectivity index (χ3n) is 2.54. The van der Waals surface area contributed by atoms with Crippen LogP contribution >= 0.6 is 11.8 Å². The van der Waals surface area contributed by atoms with Crippen LogP contribution in [0.15, 0.2) is 29.2 Å². The van der Waals surface area contributed by atoms with Gasteiger partial charge in [-0.05, 0) is 19.1 Å². The Morgan fingerprint density at radius 1 is 1.48 bits per heavy atom. The van der Waals surface area contributed by atoms with Crippen LogP contribution in [0, 0.1) is 10.1 Å². The van der Waals surface area contributed by atoms with Gasteiger partial charge in [0.15, 0.2) is 5.82 Å². The van der Waals surface area contributed by atoms with E-state index in [4.69, 9.17) is 0 Å². The number of benzene rings is 1. The van der Waals surface area contributed by atoms with Crippen molar-refractivity contribution < 1.29 is 9.72 Å². The van der Waals surface area contributed by atoms with Crippen molar-refractivity contribution in [2.24, 2.45) is 0 Å². The van der Waals surface area contributed by atoms with Crippen LogP contribution in [0.1, 0.15) is 18.8 Å². The second kappa shape index (κ2) is 6.79. The Kier molecular flexibility index (Phi) is 4.82. The first-order valence-electron chi connectivity index (χ1n) is 5.96. The third-order valence-corrected chi connectivity index (χ3v) is 3.56. The molecule has 1 aromatic heterocycles. The van der Waals surface area contributed by atoms with Gasteiger partial charge < -0.3 is 5.32 Å². The number of H-pyrrole nitrogens is 1. The van der Waals surface area contributed by atoms with Crippen LogP contribution in [0.3, 0.4) is 0 Å². The predicted octanol–water partition coefficient (Wildman–Crippen LogP) is 1.08. The van der Waals surface area contributed by atoms with Crippen molar-refractivity contribution >= 4 is 23.4 Å². The predicted molar refractivity (Wildman–Crippen MR) is 74.6 cm³/mol. The Morgan fingerprint density at radius 2 is 2.19 bits per heavy atom. The number of nitro benzene ring substituents is 1. The minimum atomic E-state index is -0.465. The third kappa shape index (κ3) is 4.24. The second-order valence-corrected chi connectivity index (χ2v) is 5.15. The van der Waals surface area contributed by atoms with Crippen molar-refractivity contribution in [1.29, 1.82) is 0 Å². The fourth-order valence-electron chi connectivity index (χ4n) is 1.51. The topological polar surface area (TPSA) is 127 Å². The van der Waals surface area contributed by atoms with E-state index in [-0.39, 0.29) is 23.4 Å². The van der Waals surface area contributed by atoms with Crippen molar-refractivity contribution in [3.8, 4) is 0 Å². The van der Waals surface area contributed by atoms with E-state index in [1.54, 1.807) is 19.1 Å². The Hall–Kier alpha value is -2.49. The number of aromatic amines is 1. The molecule has 10 heteroatoms. The normalized spacial score (nSPS) is 11.9. The number of amides is 1. The maximum atomic E-state index is 11.8. The van der Waals surface area contributed by atoms with E-state index in [1.165, 1.54) is 23.9 Å². The molecule has 110 valence electrons. The Balaban J connectivity index is 1.82. The van der Waals surface area contributed by atoms with Crippen LogP contribution in [0.25, 0.3) is 0 Å². The summed E-state index contributed by atoms with van der Waals surface area (Å²) in [6.07, 6.45) is 0. The Bertz CT molecular complexity index is 615. The van der Waals surface area contributed by atoms with Crippen LogP contribution in [0.4, 0.5) is 5.69 Å². The zero-order chi connectivity index (χ0) is 15.2. The minimum Gasteiger partial charge on any atom is -0.345 e. The summed E-state index contributed by atoms with van der Waals surface area (Å²) in [6.45, 7) is 1.75. The van der Waals surface area contributed by atoms with Gasteiger partial charge in [-0.15, -0.1) is 22.0 Å². The first-order valence-corrected chi connectivity index (χ1v) is 6.95. The first-order chi connectivity index (χ1) is 10.1. The van der Waals surface area contributed by atoms with Gasteiger partial charge in [-0.2, -0.15) is 5.21 Å². The number of aromatic nitrogens is 4. The highest BCUT2D eigenvalue weighted by Gasteiger charge is 2.13. The van der Waals surface area contributed by atoms with Crippen molar-refractivity contribution in [3.05, 3.63) is 40.2 Å². The van der Waals surface area contributed by atoms with Crippen LogP contribution in [-0.4, -0.2) is 37.2 Å². The standard InChI is InChI=1S/C11H12N6O3S/c1-7(11-13-15-16-14-11)12-10(18)6-21-9-4-2-8(3-5-9)17(19)20/h2-5,7H,6H2,1H3,(H,12,18)(H,13,14,15,16). The summed E-state index contributed by atoms with van der Waals surface area (Å²) in [7, 11) is 0. The molecule has 0 aliphatic rings. The molecule has 0 aliphatic carbocycles. The lowest BCUT2D eigenvalue weighted by Gasteiger charge is -2.09. The number of tetrazole rings is 1. The molecule has 2 N–H and O–H groups in total. The van der Waals surface area contributed by atoms with E-state index in [0.29, 0.717) is 5.82 Å². The number of carbonyl (C=O) groups excluding carboxylic acids is 1. The monoisotopic (exact) mass is 308 g/mol. The molecule has 0 saturated carbocycles. The van der Waals surface area contributed by atoms with Gasteiger partial charge in [0.25, 0.3) is 5.69 Å². The molecular weight excluding hydrogens is 296 g/mol. The fraction of sp³-hybridized carbons (Fsp3) is 0.273.